The minimum absolute atomic E-state index is 0.00894. The predicted octanol–water partition coefficient (Wildman–Crippen LogP) is 3.61. The smallest absolute Gasteiger partial charge is 0.101 e. The Kier molecular flexibility index (Phi) is 5.20. The summed E-state index contributed by atoms with van der Waals surface area (Å²) in [6, 6.07) is 8.05. The summed E-state index contributed by atoms with van der Waals surface area (Å²) in [4.78, 5) is 0. The summed E-state index contributed by atoms with van der Waals surface area (Å²) in [6.07, 6.45) is 4.91. The van der Waals surface area contributed by atoms with Crippen molar-refractivity contribution >= 4 is 11.6 Å². The van der Waals surface area contributed by atoms with Crippen molar-refractivity contribution in [3.05, 3.63) is 52.3 Å². The quantitative estimate of drug-likeness (QED) is 0.900. The molecule has 1 aliphatic heterocycles. The second-order valence-electron chi connectivity index (χ2n) is 6.33. The minimum atomic E-state index is 0.00894. The topological polar surface area (TPSA) is 62.9 Å². The van der Waals surface area contributed by atoms with Crippen LogP contribution in [0.25, 0.3) is 0 Å². The summed E-state index contributed by atoms with van der Waals surface area (Å²) >= 11 is 6.25. The molecule has 1 aromatic carbocycles. The van der Waals surface area contributed by atoms with E-state index >= 15 is 0 Å². The van der Waals surface area contributed by atoms with E-state index in [9.17, 15) is 0 Å². The van der Waals surface area contributed by atoms with Gasteiger partial charge in [0, 0.05) is 42.0 Å². The molecule has 0 amide bonds. The van der Waals surface area contributed by atoms with Gasteiger partial charge in [-0.2, -0.15) is 10.4 Å². The predicted molar refractivity (Wildman–Crippen MR) is 92.7 cm³/mol. The molecule has 2 atom stereocenters. The lowest BCUT2D eigenvalue weighted by Gasteiger charge is -2.19. The molecular formula is C18H21ClN4O. The van der Waals surface area contributed by atoms with Crippen LogP contribution in [0.5, 0.6) is 0 Å². The van der Waals surface area contributed by atoms with Crippen molar-refractivity contribution in [3.8, 4) is 6.07 Å². The van der Waals surface area contributed by atoms with Gasteiger partial charge in [0.15, 0.2) is 0 Å². The fourth-order valence-corrected chi connectivity index (χ4v) is 3.16. The highest BCUT2D eigenvalue weighted by molar-refractivity contribution is 6.31. The molecule has 0 aliphatic carbocycles. The van der Waals surface area contributed by atoms with Crippen LogP contribution in [-0.4, -0.2) is 22.4 Å². The summed E-state index contributed by atoms with van der Waals surface area (Å²) in [7, 11) is 0. The van der Waals surface area contributed by atoms with Gasteiger partial charge in [-0.15, -0.1) is 0 Å². The maximum absolute atomic E-state index is 8.91. The molecule has 2 aromatic rings. The molecule has 1 aliphatic rings. The molecule has 0 unspecified atom stereocenters. The van der Waals surface area contributed by atoms with Gasteiger partial charge in [-0.05, 0) is 38.0 Å². The van der Waals surface area contributed by atoms with Crippen LogP contribution in [-0.2, 0) is 11.3 Å². The third kappa shape index (κ3) is 3.62. The van der Waals surface area contributed by atoms with E-state index in [-0.39, 0.29) is 12.1 Å². The Morgan fingerprint density at radius 1 is 1.50 bits per heavy atom. The number of hydrogen-bond donors (Lipinski definition) is 1. The monoisotopic (exact) mass is 344 g/mol. The SMILES string of the molecule is CC(C)n1cc([C@H]2OCC[C@@H]2NCc2ccc(C#N)cc2Cl)cn1. The van der Waals surface area contributed by atoms with Crippen molar-refractivity contribution in [2.75, 3.05) is 6.61 Å². The average Bonchev–Trinajstić information content (AvgIpc) is 3.22. The van der Waals surface area contributed by atoms with Crippen LogP contribution in [0, 0.1) is 11.3 Å². The Balaban J connectivity index is 1.67. The van der Waals surface area contributed by atoms with E-state index in [2.05, 4.69) is 36.5 Å². The lowest BCUT2D eigenvalue weighted by Crippen LogP contribution is -2.31. The van der Waals surface area contributed by atoms with E-state index in [4.69, 9.17) is 21.6 Å². The first kappa shape index (κ1) is 17.0. The van der Waals surface area contributed by atoms with Crippen LogP contribution in [0.4, 0.5) is 0 Å². The van der Waals surface area contributed by atoms with Crippen LogP contribution in [0.2, 0.25) is 5.02 Å². The second kappa shape index (κ2) is 7.35. The van der Waals surface area contributed by atoms with Gasteiger partial charge in [0.25, 0.3) is 0 Å². The van der Waals surface area contributed by atoms with Gasteiger partial charge in [0.2, 0.25) is 0 Å². The Morgan fingerprint density at radius 3 is 3.00 bits per heavy atom. The van der Waals surface area contributed by atoms with Crippen LogP contribution in [0.3, 0.4) is 0 Å². The number of nitrogens with one attached hydrogen (secondary N) is 1. The maximum Gasteiger partial charge on any atom is 0.101 e. The highest BCUT2D eigenvalue weighted by Gasteiger charge is 2.30. The zero-order valence-corrected chi connectivity index (χ0v) is 14.6. The highest BCUT2D eigenvalue weighted by Crippen LogP contribution is 2.30. The largest absolute Gasteiger partial charge is 0.372 e. The van der Waals surface area contributed by atoms with Crippen molar-refractivity contribution in [2.24, 2.45) is 0 Å². The molecule has 0 bridgehead atoms. The van der Waals surface area contributed by atoms with E-state index in [0.717, 1.165) is 24.2 Å². The normalized spacial score (nSPS) is 20.5. The molecule has 6 heteroatoms. The lowest BCUT2D eigenvalue weighted by molar-refractivity contribution is 0.0984. The molecule has 0 radical (unpaired) electrons. The fraction of sp³-hybridized carbons (Fsp3) is 0.444. The zero-order valence-electron chi connectivity index (χ0n) is 13.9. The molecule has 0 spiro atoms. The van der Waals surface area contributed by atoms with Crippen LogP contribution < -0.4 is 5.32 Å². The molecule has 126 valence electrons. The Labute approximate surface area is 147 Å². The molecule has 0 saturated carbocycles. The number of benzene rings is 1. The Morgan fingerprint density at radius 2 is 2.33 bits per heavy atom. The second-order valence-corrected chi connectivity index (χ2v) is 6.74. The van der Waals surface area contributed by atoms with Gasteiger partial charge >= 0.3 is 0 Å². The highest BCUT2D eigenvalue weighted by atomic mass is 35.5. The van der Waals surface area contributed by atoms with Gasteiger partial charge in [-0.1, -0.05) is 17.7 Å². The number of rotatable bonds is 5. The maximum atomic E-state index is 8.91. The lowest BCUT2D eigenvalue weighted by atomic mass is 10.0. The Hall–Kier alpha value is -1.87. The third-order valence-corrected chi connectivity index (χ3v) is 4.66. The summed E-state index contributed by atoms with van der Waals surface area (Å²) in [5.74, 6) is 0. The Bertz CT molecular complexity index is 750. The van der Waals surface area contributed by atoms with Gasteiger partial charge in [-0.25, -0.2) is 0 Å². The number of nitrogens with zero attached hydrogens (tertiary/aromatic N) is 3. The van der Waals surface area contributed by atoms with Crippen molar-refractivity contribution in [3.63, 3.8) is 0 Å². The first-order valence-corrected chi connectivity index (χ1v) is 8.54. The number of ether oxygens (including phenoxy) is 1. The molecule has 5 nitrogen and oxygen atoms in total. The fourth-order valence-electron chi connectivity index (χ4n) is 2.91. The molecular weight excluding hydrogens is 324 g/mol. The van der Waals surface area contributed by atoms with E-state index in [1.165, 1.54) is 0 Å². The number of nitriles is 1. The molecule has 1 fully saturated rings. The number of hydrogen-bond acceptors (Lipinski definition) is 4. The van der Waals surface area contributed by atoms with E-state index in [1.807, 2.05) is 16.9 Å². The van der Waals surface area contributed by atoms with E-state index in [0.29, 0.717) is 23.2 Å². The molecule has 1 N–H and O–H groups in total. The van der Waals surface area contributed by atoms with E-state index < -0.39 is 0 Å². The first-order valence-electron chi connectivity index (χ1n) is 8.16. The van der Waals surface area contributed by atoms with Gasteiger partial charge in [-0.3, -0.25) is 4.68 Å². The van der Waals surface area contributed by atoms with Crippen molar-refractivity contribution in [1.29, 1.82) is 5.26 Å². The summed E-state index contributed by atoms with van der Waals surface area (Å²) in [5, 5.41) is 17.5. The number of aromatic nitrogens is 2. The first-order chi connectivity index (χ1) is 11.6. The van der Waals surface area contributed by atoms with Gasteiger partial charge in [0.1, 0.15) is 6.10 Å². The van der Waals surface area contributed by atoms with Crippen molar-refractivity contribution < 1.29 is 4.74 Å². The van der Waals surface area contributed by atoms with Crippen LogP contribution in [0.15, 0.2) is 30.6 Å². The van der Waals surface area contributed by atoms with Gasteiger partial charge < -0.3 is 10.1 Å². The number of halogens is 1. The summed E-state index contributed by atoms with van der Waals surface area (Å²) in [6.45, 7) is 5.59. The van der Waals surface area contributed by atoms with Gasteiger partial charge in [0.05, 0.1) is 17.8 Å². The minimum Gasteiger partial charge on any atom is -0.372 e. The standard InChI is InChI=1S/C18H21ClN4O/c1-12(2)23-11-15(10-22-23)18-17(5-6-24-18)21-9-14-4-3-13(8-20)7-16(14)19/h3-4,7,10-12,17-18,21H,5-6,9H2,1-2H3/t17-,18+/m0/s1. The van der Waals surface area contributed by atoms with Crippen LogP contribution >= 0.6 is 11.6 Å². The van der Waals surface area contributed by atoms with Crippen molar-refractivity contribution in [1.82, 2.24) is 15.1 Å². The van der Waals surface area contributed by atoms with Crippen LogP contribution in [0.1, 0.15) is 49.1 Å². The molecule has 1 saturated heterocycles. The van der Waals surface area contributed by atoms with E-state index in [1.54, 1.807) is 12.1 Å². The average molecular weight is 345 g/mol. The molecule has 3 rings (SSSR count). The summed E-state index contributed by atoms with van der Waals surface area (Å²) < 4.78 is 7.86. The third-order valence-electron chi connectivity index (χ3n) is 4.31. The van der Waals surface area contributed by atoms with Crippen molar-refractivity contribution in [2.45, 2.75) is 45.0 Å². The molecule has 24 heavy (non-hydrogen) atoms. The molecule has 2 heterocycles. The summed E-state index contributed by atoms with van der Waals surface area (Å²) in [5.41, 5.74) is 2.66. The molecule has 1 aromatic heterocycles. The zero-order chi connectivity index (χ0) is 17.1.